The van der Waals surface area contributed by atoms with Gasteiger partial charge in [0.25, 0.3) is 0 Å². The number of hydrogen-bond acceptors (Lipinski definition) is 3. The van der Waals surface area contributed by atoms with Crippen LogP contribution in [0, 0.1) is 0 Å². The van der Waals surface area contributed by atoms with E-state index >= 15 is 0 Å². The predicted molar refractivity (Wildman–Crippen MR) is 68.4 cm³/mol. The molecule has 2 nitrogen and oxygen atoms in total. The van der Waals surface area contributed by atoms with Crippen LogP contribution in [-0.4, -0.2) is 10.2 Å². The average Bonchev–Trinajstić information content (AvgIpc) is 2.70. The minimum Gasteiger partial charge on any atom is -0.143 e. The van der Waals surface area contributed by atoms with E-state index in [9.17, 15) is 0 Å². The van der Waals surface area contributed by atoms with Gasteiger partial charge in [0.05, 0.1) is 5.38 Å². The van der Waals surface area contributed by atoms with Gasteiger partial charge >= 0.3 is 0 Å². The molecule has 0 spiro atoms. The summed E-state index contributed by atoms with van der Waals surface area (Å²) in [6.45, 7) is 1.89. The van der Waals surface area contributed by atoms with Gasteiger partial charge in [0.15, 0.2) is 0 Å². The van der Waals surface area contributed by atoms with Gasteiger partial charge in [-0.3, -0.25) is 0 Å². The van der Waals surface area contributed by atoms with Crippen molar-refractivity contribution in [1.82, 2.24) is 10.2 Å². The van der Waals surface area contributed by atoms with E-state index in [2.05, 4.69) is 10.2 Å². The zero-order chi connectivity index (χ0) is 11.5. The number of benzene rings is 1. The minimum atomic E-state index is -0.0857. The lowest BCUT2D eigenvalue weighted by Crippen LogP contribution is -1.88. The van der Waals surface area contributed by atoms with Gasteiger partial charge in [0.1, 0.15) is 10.0 Å². The molecule has 0 saturated carbocycles. The number of rotatable bonds is 3. The van der Waals surface area contributed by atoms with Gasteiger partial charge in [-0.1, -0.05) is 41.1 Å². The Balaban J connectivity index is 2.18. The summed E-state index contributed by atoms with van der Waals surface area (Å²) >= 11 is 13.5. The second kappa shape index (κ2) is 5.13. The summed E-state index contributed by atoms with van der Waals surface area (Å²) in [7, 11) is 0. The first kappa shape index (κ1) is 11.8. The Morgan fingerprint density at radius 2 is 2.06 bits per heavy atom. The lowest BCUT2D eigenvalue weighted by molar-refractivity contribution is 0.931. The predicted octanol–water partition coefficient (Wildman–Crippen LogP) is 4.08. The fourth-order valence-electron chi connectivity index (χ4n) is 1.30. The van der Waals surface area contributed by atoms with Crippen molar-refractivity contribution in [2.75, 3.05) is 0 Å². The van der Waals surface area contributed by atoms with Crippen LogP contribution >= 0.6 is 34.5 Å². The van der Waals surface area contributed by atoms with Crippen LogP contribution in [0.4, 0.5) is 0 Å². The van der Waals surface area contributed by atoms with Crippen molar-refractivity contribution in [1.29, 1.82) is 0 Å². The van der Waals surface area contributed by atoms with Gasteiger partial charge < -0.3 is 0 Å². The van der Waals surface area contributed by atoms with Crippen molar-refractivity contribution in [3.8, 4) is 0 Å². The monoisotopic (exact) mass is 272 g/mol. The molecule has 0 N–H and O–H groups in total. The summed E-state index contributed by atoms with van der Waals surface area (Å²) in [5.41, 5.74) is 1.06. The SMILES string of the molecule is CC(Cl)c1nnc(Cc2ccccc2Cl)s1. The van der Waals surface area contributed by atoms with Gasteiger partial charge in [0, 0.05) is 11.4 Å². The topological polar surface area (TPSA) is 25.8 Å². The second-order valence-electron chi connectivity index (χ2n) is 3.42. The highest BCUT2D eigenvalue weighted by atomic mass is 35.5. The Bertz CT molecular complexity index is 482. The van der Waals surface area contributed by atoms with Gasteiger partial charge in [-0.15, -0.1) is 21.8 Å². The normalized spacial score (nSPS) is 12.7. The number of alkyl halides is 1. The quantitative estimate of drug-likeness (QED) is 0.787. The maximum atomic E-state index is 6.07. The third kappa shape index (κ3) is 2.73. The number of hydrogen-bond donors (Lipinski definition) is 0. The van der Waals surface area contributed by atoms with Crippen LogP contribution in [0.1, 0.15) is 27.9 Å². The van der Waals surface area contributed by atoms with Crippen molar-refractivity contribution >= 4 is 34.5 Å². The van der Waals surface area contributed by atoms with Gasteiger partial charge in [-0.05, 0) is 18.6 Å². The third-order valence-electron chi connectivity index (χ3n) is 2.12. The molecule has 84 valence electrons. The molecule has 1 unspecified atom stereocenters. The molecule has 16 heavy (non-hydrogen) atoms. The molecule has 1 heterocycles. The van der Waals surface area contributed by atoms with E-state index in [1.807, 2.05) is 31.2 Å². The van der Waals surface area contributed by atoms with Crippen molar-refractivity contribution < 1.29 is 0 Å². The summed E-state index contributed by atoms with van der Waals surface area (Å²) in [6, 6.07) is 7.75. The van der Waals surface area contributed by atoms with E-state index in [0.717, 1.165) is 20.6 Å². The summed E-state index contributed by atoms with van der Waals surface area (Å²) in [6.07, 6.45) is 0.709. The second-order valence-corrected chi connectivity index (χ2v) is 5.57. The first-order valence-corrected chi connectivity index (χ1v) is 6.49. The number of halogens is 2. The van der Waals surface area contributed by atoms with Crippen molar-refractivity contribution in [2.24, 2.45) is 0 Å². The Morgan fingerprint density at radius 3 is 2.69 bits per heavy atom. The van der Waals surface area contributed by atoms with Gasteiger partial charge in [0.2, 0.25) is 0 Å². The third-order valence-corrected chi connectivity index (χ3v) is 3.93. The summed E-state index contributed by atoms with van der Waals surface area (Å²) < 4.78 is 0. The zero-order valence-electron chi connectivity index (χ0n) is 8.65. The zero-order valence-corrected chi connectivity index (χ0v) is 11.0. The van der Waals surface area contributed by atoms with E-state index in [1.54, 1.807) is 0 Å². The molecule has 0 radical (unpaired) electrons. The van der Waals surface area contributed by atoms with Crippen LogP contribution in [0.5, 0.6) is 0 Å². The van der Waals surface area contributed by atoms with E-state index in [4.69, 9.17) is 23.2 Å². The Kier molecular flexibility index (Phi) is 3.79. The van der Waals surface area contributed by atoms with E-state index in [0.29, 0.717) is 6.42 Å². The molecule has 1 aromatic carbocycles. The Morgan fingerprint density at radius 1 is 1.31 bits per heavy atom. The summed E-state index contributed by atoms with van der Waals surface area (Å²) in [5.74, 6) is 0. The van der Waals surface area contributed by atoms with Crippen LogP contribution in [0.2, 0.25) is 5.02 Å². The van der Waals surface area contributed by atoms with Crippen molar-refractivity contribution in [3.63, 3.8) is 0 Å². The lowest BCUT2D eigenvalue weighted by Gasteiger charge is -1.99. The first-order chi connectivity index (χ1) is 7.66. The minimum absolute atomic E-state index is 0.0857. The van der Waals surface area contributed by atoms with Crippen LogP contribution in [0.15, 0.2) is 24.3 Å². The van der Waals surface area contributed by atoms with Crippen LogP contribution in [0.25, 0.3) is 0 Å². The molecule has 1 aromatic heterocycles. The summed E-state index contributed by atoms with van der Waals surface area (Å²) in [4.78, 5) is 0. The number of nitrogens with zero attached hydrogens (tertiary/aromatic N) is 2. The molecule has 0 aliphatic rings. The molecule has 0 bridgehead atoms. The van der Waals surface area contributed by atoms with E-state index < -0.39 is 0 Å². The molecule has 0 aliphatic carbocycles. The Hall–Kier alpha value is -0.640. The lowest BCUT2D eigenvalue weighted by atomic mass is 10.2. The fourth-order valence-corrected chi connectivity index (χ4v) is 2.48. The largest absolute Gasteiger partial charge is 0.143 e. The number of aromatic nitrogens is 2. The maximum Gasteiger partial charge on any atom is 0.135 e. The van der Waals surface area contributed by atoms with E-state index in [-0.39, 0.29) is 5.38 Å². The highest BCUT2D eigenvalue weighted by Crippen LogP contribution is 2.25. The molecule has 1 atom stereocenters. The molecular weight excluding hydrogens is 263 g/mol. The highest BCUT2D eigenvalue weighted by Gasteiger charge is 2.10. The van der Waals surface area contributed by atoms with Crippen molar-refractivity contribution in [2.45, 2.75) is 18.7 Å². The van der Waals surface area contributed by atoms with Gasteiger partial charge in [-0.25, -0.2) is 0 Å². The van der Waals surface area contributed by atoms with Crippen LogP contribution < -0.4 is 0 Å². The average molecular weight is 273 g/mol. The molecule has 2 rings (SSSR count). The van der Waals surface area contributed by atoms with Gasteiger partial charge in [-0.2, -0.15) is 0 Å². The molecule has 0 amide bonds. The van der Waals surface area contributed by atoms with Crippen LogP contribution in [-0.2, 0) is 6.42 Å². The first-order valence-electron chi connectivity index (χ1n) is 4.86. The standard InChI is InChI=1S/C11H10Cl2N2S/c1-7(12)11-15-14-10(16-11)6-8-4-2-3-5-9(8)13/h2-5,7H,6H2,1H3. The van der Waals surface area contributed by atoms with E-state index in [1.165, 1.54) is 11.3 Å². The molecule has 0 saturated heterocycles. The highest BCUT2D eigenvalue weighted by molar-refractivity contribution is 7.11. The van der Waals surface area contributed by atoms with Crippen LogP contribution in [0.3, 0.4) is 0 Å². The molecule has 2 aromatic rings. The molecular formula is C11H10Cl2N2S. The molecule has 5 heteroatoms. The molecule has 0 fully saturated rings. The molecule has 0 aliphatic heterocycles. The summed E-state index contributed by atoms with van der Waals surface area (Å²) in [5, 5.41) is 10.6. The fraction of sp³-hybridized carbons (Fsp3) is 0.273. The Labute approximate surface area is 108 Å². The van der Waals surface area contributed by atoms with Crippen molar-refractivity contribution in [3.05, 3.63) is 44.9 Å². The smallest absolute Gasteiger partial charge is 0.135 e. The maximum absolute atomic E-state index is 6.07.